The van der Waals surface area contributed by atoms with Gasteiger partial charge in [0.1, 0.15) is 6.04 Å². The maximum Gasteiger partial charge on any atom is 0.315 e. The lowest BCUT2D eigenvalue weighted by molar-refractivity contribution is 0.180. The summed E-state index contributed by atoms with van der Waals surface area (Å²) in [4.78, 5) is 25.1. The third-order valence-corrected chi connectivity index (χ3v) is 6.10. The van der Waals surface area contributed by atoms with E-state index in [1.54, 1.807) is 6.07 Å². The summed E-state index contributed by atoms with van der Waals surface area (Å²) >= 11 is 0. The number of hydrogen-bond acceptors (Lipinski definition) is 4. The number of urea groups is 1. The standard InChI is InChI=1S/C20H30N4O3/c25-19-11-14-7-5-6-10-16(14)23-24(19)18-13-27-12-17(18)22-20(26)21-15-8-3-1-2-4-9-15/h11,15,17-18H,1-10,12-13H2,(H2,21,22,26). The van der Waals surface area contributed by atoms with Crippen LogP contribution < -0.4 is 16.2 Å². The second kappa shape index (κ2) is 8.42. The number of rotatable bonds is 3. The first kappa shape index (κ1) is 18.5. The summed E-state index contributed by atoms with van der Waals surface area (Å²) in [6.45, 7) is 0.814. The van der Waals surface area contributed by atoms with Gasteiger partial charge in [-0.2, -0.15) is 5.10 Å². The maximum absolute atomic E-state index is 12.6. The molecule has 0 aromatic carbocycles. The Morgan fingerprint density at radius 2 is 1.81 bits per heavy atom. The number of amides is 2. The van der Waals surface area contributed by atoms with Gasteiger partial charge in [-0.25, -0.2) is 9.48 Å². The normalized spacial score (nSPS) is 26.2. The molecule has 7 heteroatoms. The Morgan fingerprint density at radius 1 is 1.04 bits per heavy atom. The summed E-state index contributed by atoms with van der Waals surface area (Å²) < 4.78 is 7.13. The highest BCUT2D eigenvalue weighted by Gasteiger charge is 2.33. The lowest BCUT2D eigenvalue weighted by Gasteiger charge is -2.24. The molecule has 1 aliphatic heterocycles. The van der Waals surface area contributed by atoms with Gasteiger partial charge in [0.2, 0.25) is 0 Å². The van der Waals surface area contributed by atoms with Crippen LogP contribution in [0.15, 0.2) is 10.9 Å². The molecule has 27 heavy (non-hydrogen) atoms. The van der Waals surface area contributed by atoms with Crippen molar-refractivity contribution in [2.75, 3.05) is 13.2 Å². The molecule has 0 bridgehead atoms. The van der Waals surface area contributed by atoms with Crippen molar-refractivity contribution in [2.24, 2.45) is 0 Å². The fourth-order valence-electron chi connectivity index (χ4n) is 4.56. The van der Waals surface area contributed by atoms with E-state index in [-0.39, 0.29) is 29.7 Å². The highest BCUT2D eigenvalue weighted by atomic mass is 16.5. The third-order valence-electron chi connectivity index (χ3n) is 6.10. The summed E-state index contributed by atoms with van der Waals surface area (Å²) in [7, 11) is 0. The topological polar surface area (TPSA) is 85.2 Å². The van der Waals surface area contributed by atoms with E-state index in [1.165, 1.54) is 30.4 Å². The molecule has 148 valence electrons. The van der Waals surface area contributed by atoms with Gasteiger partial charge in [0.05, 0.1) is 24.9 Å². The molecule has 2 heterocycles. The van der Waals surface area contributed by atoms with Crippen molar-refractivity contribution in [1.29, 1.82) is 0 Å². The van der Waals surface area contributed by atoms with Gasteiger partial charge in [-0.1, -0.05) is 25.7 Å². The summed E-state index contributed by atoms with van der Waals surface area (Å²) in [6, 6.07) is 1.33. The van der Waals surface area contributed by atoms with E-state index in [1.807, 2.05) is 0 Å². The van der Waals surface area contributed by atoms with Crippen LogP contribution in [0.5, 0.6) is 0 Å². The molecule has 0 radical (unpaired) electrons. The maximum atomic E-state index is 12.6. The minimum absolute atomic E-state index is 0.0953. The summed E-state index contributed by atoms with van der Waals surface area (Å²) in [5, 5.41) is 10.8. The van der Waals surface area contributed by atoms with Gasteiger partial charge in [0.25, 0.3) is 5.56 Å². The lowest BCUT2D eigenvalue weighted by atomic mass is 9.97. The van der Waals surface area contributed by atoms with E-state index in [0.717, 1.165) is 49.8 Å². The molecule has 2 atom stereocenters. The van der Waals surface area contributed by atoms with Crippen molar-refractivity contribution in [3.05, 3.63) is 27.7 Å². The number of fused-ring (bicyclic) bond motifs is 1. The van der Waals surface area contributed by atoms with E-state index in [2.05, 4.69) is 15.7 Å². The van der Waals surface area contributed by atoms with E-state index in [4.69, 9.17) is 4.74 Å². The van der Waals surface area contributed by atoms with Crippen LogP contribution in [0.25, 0.3) is 0 Å². The second-order valence-electron chi connectivity index (χ2n) is 8.12. The zero-order valence-electron chi connectivity index (χ0n) is 15.9. The smallest absolute Gasteiger partial charge is 0.315 e. The first-order chi connectivity index (χ1) is 13.2. The predicted octanol–water partition coefficient (Wildman–Crippen LogP) is 2.08. The van der Waals surface area contributed by atoms with E-state index in [0.29, 0.717) is 13.2 Å². The third kappa shape index (κ3) is 4.34. The number of nitrogens with one attached hydrogen (secondary N) is 2. The van der Waals surface area contributed by atoms with Crippen LogP contribution in [-0.4, -0.2) is 41.1 Å². The highest BCUT2D eigenvalue weighted by molar-refractivity contribution is 5.74. The summed E-state index contributed by atoms with van der Waals surface area (Å²) in [5.74, 6) is 0. The molecule has 2 N–H and O–H groups in total. The van der Waals surface area contributed by atoms with Crippen LogP contribution in [-0.2, 0) is 17.6 Å². The second-order valence-corrected chi connectivity index (χ2v) is 8.12. The van der Waals surface area contributed by atoms with Gasteiger partial charge in [-0.05, 0) is 44.1 Å². The van der Waals surface area contributed by atoms with Crippen molar-refractivity contribution in [2.45, 2.75) is 82.3 Å². The van der Waals surface area contributed by atoms with Gasteiger partial charge >= 0.3 is 6.03 Å². The molecule has 1 aromatic heterocycles. The zero-order valence-corrected chi connectivity index (χ0v) is 15.9. The number of carbonyl (C=O) groups is 1. The molecule has 2 fully saturated rings. The molecule has 0 spiro atoms. The minimum Gasteiger partial charge on any atom is -0.377 e. The first-order valence-corrected chi connectivity index (χ1v) is 10.5. The van der Waals surface area contributed by atoms with Crippen molar-refractivity contribution >= 4 is 6.03 Å². The zero-order chi connectivity index (χ0) is 18.6. The molecule has 3 aliphatic rings. The van der Waals surface area contributed by atoms with Gasteiger partial charge in [-0.3, -0.25) is 4.79 Å². The van der Waals surface area contributed by atoms with Gasteiger partial charge in [0, 0.05) is 12.1 Å². The van der Waals surface area contributed by atoms with Gasteiger partial charge < -0.3 is 15.4 Å². The molecular formula is C20H30N4O3. The number of ether oxygens (including phenoxy) is 1. The molecule has 7 nitrogen and oxygen atoms in total. The van der Waals surface area contributed by atoms with E-state index < -0.39 is 0 Å². The van der Waals surface area contributed by atoms with Crippen LogP contribution in [0.1, 0.15) is 68.7 Å². The van der Waals surface area contributed by atoms with Crippen LogP contribution in [0, 0.1) is 0 Å². The lowest BCUT2D eigenvalue weighted by Crippen LogP contribution is -2.50. The molecule has 1 saturated heterocycles. The molecule has 4 rings (SSSR count). The van der Waals surface area contributed by atoms with Crippen LogP contribution in [0.2, 0.25) is 0 Å². The Kier molecular flexibility index (Phi) is 5.76. The van der Waals surface area contributed by atoms with Crippen molar-refractivity contribution < 1.29 is 9.53 Å². The van der Waals surface area contributed by atoms with Gasteiger partial charge in [0.15, 0.2) is 0 Å². The summed E-state index contributed by atoms with van der Waals surface area (Å²) in [6.07, 6.45) is 11.0. The monoisotopic (exact) mass is 374 g/mol. The SMILES string of the molecule is O=C(NC1CCCCCC1)NC1COCC1n1nc2c(cc1=O)CCCC2. The average molecular weight is 374 g/mol. The molecule has 2 aliphatic carbocycles. The highest BCUT2D eigenvalue weighted by Crippen LogP contribution is 2.22. The van der Waals surface area contributed by atoms with E-state index >= 15 is 0 Å². The Balaban J connectivity index is 1.43. The van der Waals surface area contributed by atoms with Crippen LogP contribution >= 0.6 is 0 Å². The number of hydrogen-bond donors (Lipinski definition) is 2. The fourth-order valence-corrected chi connectivity index (χ4v) is 4.56. The largest absolute Gasteiger partial charge is 0.377 e. The van der Waals surface area contributed by atoms with Gasteiger partial charge in [-0.15, -0.1) is 0 Å². The molecule has 2 unspecified atom stereocenters. The van der Waals surface area contributed by atoms with Crippen molar-refractivity contribution in [3.8, 4) is 0 Å². The number of aryl methyl sites for hydroxylation is 2. The quantitative estimate of drug-likeness (QED) is 0.794. The van der Waals surface area contributed by atoms with Crippen molar-refractivity contribution in [1.82, 2.24) is 20.4 Å². The number of carbonyl (C=O) groups excluding carboxylic acids is 1. The molecule has 2 amide bonds. The Bertz CT molecular complexity index is 724. The number of aromatic nitrogens is 2. The fraction of sp³-hybridized carbons (Fsp3) is 0.750. The average Bonchev–Trinajstić information content (AvgIpc) is 2.95. The van der Waals surface area contributed by atoms with Crippen LogP contribution in [0.4, 0.5) is 4.79 Å². The molecule has 1 saturated carbocycles. The van der Waals surface area contributed by atoms with Crippen LogP contribution in [0.3, 0.4) is 0 Å². The minimum atomic E-state index is -0.246. The molecular weight excluding hydrogens is 344 g/mol. The predicted molar refractivity (Wildman–Crippen MR) is 102 cm³/mol. The number of nitrogens with zero attached hydrogens (tertiary/aromatic N) is 2. The Hall–Kier alpha value is -1.89. The summed E-state index contributed by atoms with van der Waals surface area (Å²) in [5.41, 5.74) is 2.01. The van der Waals surface area contributed by atoms with E-state index in [9.17, 15) is 9.59 Å². The molecule has 1 aromatic rings. The Labute approximate surface area is 159 Å². The van der Waals surface area contributed by atoms with Crippen molar-refractivity contribution in [3.63, 3.8) is 0 Å². The first-order valence-electron chi connectivity index (χ1n) is 10.5. The Morgan fingerprint density at radius 3 is 2.63 bits per heavy atom.